The van der Waals surface area contributed by atoms with Crippen molar-refractivity contribution in [1.82, 2.24) is 18.7 Å². The van der Waals surface area contributed by atoms with Crippen LogP contribution in [0.3, 0.4) is 0 Å². The molecule has 0 saturated heterocycles. The first-order chi connectivity index (χ1) is 21.0. The Hall–Kier alpha value is -5.77. The van der Waals surface area contributed by atoms with Crippen molar-refractivity contribution in [3.05, 3.63) is 141 Å². The van der Waals surface area contributed by atoms with Crippen LogP contribution in [-0.4, -0.2) is 37.2 Å². The molecule has 0 atom stereocenters. The molecular formula is C33H27N5O5. The number of imidazole rings is 1. The van der Waals surface area contributed by atoms with Gasteiger partial charge in [-0.1, -0.05) is 91.0 Å². The number of hydrogen-bond acceptors (Lipinski definition) is 6. The van der Waals surface area contributed by atoms with Crippen LogP contribution in [0.25, 0.3) is 21.9 Å². The number of amides is 1. The number of fused-ring (bicyclic) bond motifs is 2. The molecular weight excluding hydrogens is 546 g/mol. The number of carbonyl (C=O) groups is 2. The topological polar surface area (TPSA) is 117 Å². The molecule has 0 unspecified atom stereocenters. The molecule has 2 aromatic heterocycles. The summed E-state index contributed by atoms with van der Waals surface area (Å²) >= 11 is 0. The largest absolute Gasteiger partial charge is 0.454 e. The van der Waals surface area contributed by atoms with E-state index in [-0.39, 0.29) is 17.7 Å². The summed E-state index contributed by atoms with van der Waals surface area (Å²) in [5.41, 5.74) is 1.33. The molecule has 0 spiro atoms. The van der Waals surface area contributed by atoms with Gasteiger partial charge < -0.3 is 14.6 Å². The van der Waals surface area contributed by atoms with Gasteiger partial charge in [0.2, 0.25) is 0 Å². The fourth-order valence-electron chi connectivity index (χ4n) is 4.97. The first-order valence-corrected chi connectivity index (χ1v) is 13.7. The highest BCUT2D eigenvalue weighted by Crippen LogP contribution is 2.19. The molecule has 6 rings (SSSR count). The number of carbonyl (C=O) groups excluding carboxylic acids is 2. The van der Waals surface area contributed by atoms with E-state index >= 15 is 0 Å². The lowest BCUT2D eigenvalue weighted by Crippen LogP contribution is -2.43. The summed E-state index contributed by atoms with van der Waals surface area (Å²) in [4.78, 5) is 57.0. The molecule has 0 aliphatic rings. The third-order valence-electron chi connectivity index (χ3n) is 7.05. The third-order valence-corrected chi connectivity index (χ3v) is 7.05. The Morgan fingerprint density at radius 1 is 0.744 bits per heavy atom. The van der Waals surface area contributed by atoms with Crippen LogP contribution in [0.15, 0.2) is 119 Å². The van der Waals surface area contributed by atoms with Crippen LogP contribution in [0.5, 0.6) is 0 Å². The van der Waals surface area contributed by atoms with Crippen molar-refractivity contribution in [2.24, 2.45) is 0 Å². The van der Waals surface area contributed by atoms with E-state index in [1.165, 1.54) is 10.9 Å². The molecule has 0 saturated carbocycles. The molecule has 10 heteroatoms. The Morgan fingerprint density at radius 3 is 2.12 bits per heavy atom. The van der Waals surface area contributed by atoms with Crippen molar-refractivity contribution < 1.29 is 14.3 Å². The minimum absolute atomic E-state index is 0.141. The molecule has 10 nitrogen and oxygen atoms in total. The summed E-state index contributed by atoms with van der Waals surface area (Å²) in [5, 5.41) is 4.68. The zero-order chi connectivity index (χ0) is 29.8. The highest BCUT2D eigenvalue weighted by Gasteiger charge is 2.21. The van der Waals surface area contributed by atoms with Gasteiger partial charge >= 0.3 is 11.7 Å². The van der Waals surface area contributed by atoms with E-state index in [1.807, 2.05) is 97.1 Å². The zero-order valence-corrected chi connectivity index (χ0v) is 23.1. The normalized spacial score (nSPS) is 11.1. The summed E-state index contributed by atoms with van der Waals surface area (Å²) in [7, 11) is 0. The van der Waals surface area contributed by atoms with Gasteiger partial charge in [0.1, 0.15) is 6.54 Å². The molecule has 0 radical (unpaired) electrons. The number of benzene rings is 4. The smallest absolute Gasteiger partial charge is 0.333 e. The van der Waals surface area contributed by atoms with Gasteiger partial charge in [-0.05, 0) is 34.0 Å². The van der Waals surface area contributed by atoms with E-state index in [0.29, 0.717) is 12.2 Å². The third kappa shape index (κ3) is 5.98. The maximum Gasteiger partial charge on any atom is 0.333 e. The van der Waals surface area contributed by atoms with E-state index in [9.17, 15) is 19.2 Å². The fourth-order valence-corrected chi connectivity index (χ4v) is 4.97. The van der Waals surface area contributed by atoms with E-state index in [0.717, 1.165) is 26.5 Å². The second-order valence-corrected chi connectivity index (χ2v) is 10.0. The molecule has 0 fully saturated rings. The van der Waals surface area contributed by atoms with Crippen LogP contribution in [0, 0.1) is 0 Å². The summed E-state index contributed by atoms with van der Waals surface area (Å²) in [5.74, 6) is -1.44. The number of hydrogen-bond donors (Lipinski definition) is 1. The number of rotatable bonds is 9. The van der Waals surface area contributed by atoms with E-state index in [4.69, 9.17) is 4.74 Å². The molecule has 0 aliphatic carbocycles. The highest BCUT2D eigenvalue weighted by atomic mass is 16.5. The molecule has 2 heterocycles. The second-order valence-electron chi connectivity index (χ2n) is 10.0. The number of nitrogens with one attached hydrogen (secondary N) is 1. The van der Waals surface area contributed by atoms with Gasteiger partial charge in [-0.2, -0.15) is 0 Å². The minimum Gasteiger partial charge on any atom is -0.454 e. The van der Waals surface area contributed by atoms with Crippen LogP contribution in [0.1, 0.15) is 11.1 Å². The lowest BCUT2D eigenvalue weighted by atomic mass is 10.1. The Balaban J connectivity index is 1.25. The predicted molar refractivity (Wildman–Crippen MR) is 163 cm³/mol. The molecule has 1 N–H and O–H groups in total. The lowest BCUT2D eigenvalue weighted by Gasteiger charge is -2.13. The maximum atomic E-state index is 13.6. The Bertz CT molecular complexity index is 2060. The quantitative estimate of drug-likeness (QED) is 0.263. The second kappa shape index (κ2) is 12.0. The van der Waals surface area contributed by atoms with Crippen LogP contribution >= 0.6 is 0 Å². The molecule has 214 valence electrons. The highest BCUT2D eigenvalue weighted by molar-refractivity contribution is 5.95. The van der Waals surface area contributed by atoms with Crippen LogP contribution < -0.4 is 16.6 Å². The number of aromatic nitrogens is 4. The number of nitrogens with zero attached hydrogens (tertiary/aromatic N) is 4. The Morgan fingerprint density at radius 2 is 1.40 bits per heavy atom. The lowest BCUT2D eigenvalue weighted by molar-refractivity contribution is -0.148. The van der Waals surface area contributed by atoms with Gasteiger partial charge in [0.05, 0.1) is 12.9 Å². The average molecular weight is 574 g/mol. The van der Waals surface area contributed by atoms with Gasteiger partial charge in [0.15, 0.2) is 17.8 Å². The SMILES string of the molecule is O=C(COC(=O)Cn1c(=O)c2c(ncn2Cc2ccccc2)n(Cc2ccccc2)c1=O)Nc1ccc2ccccc2c1. The predicted octanol–water partition coefficient (Wildman–Crippen LogP) is 3.79. The van der Waals surface area contributed by atoms with Crippen molar-refractivity contribution in [2.45, 2.75) is 19.6 Å². The minimum atomic E-state index is -0.896. The number of esters is 1. The molecule has 1 amide bonds. The first kappa shape index (κ1) is 27.4. The van der Waals surface area contributed by atoms with Crippen molar-refractivity contribution in [3.63, 3.8) is 0 Å². The summed E-state index contributed by atoms with van der Waals surface area (Å²) in [6.07, 6.45) is 1.51. The summed E-state index contributed by atoms with van der Waals surface area (Å²) in [6, 6.07) is 32.0. The monoisotopic (exact) mass is 573 g/mol. The van der Waals surface area contributed by atoms with Crippen molar-refractivity contribution in [3.8, 4) is 0 Å². The van der Waals surface area contributed by atoms with Crippen molar-refractivity contribution in [2.75, 3.05) is 11.9 Å². The van der Waals surface area contributed by atoms with Gasteiger partial charge in [0, 0.05) is 12.2 Å². The van der Waals surface area contributed by atoms with E-state index in [1.54, 1.807) is 10.6 Å². The van der Waals surface area contributed by atoms with Gasteiger partial charge in [-0.3, -0.25) is 19.0 Å². The number of ether oxygens (including phenoxy) is 1. The van der Waals surface area contributed by atoms with Gasteiger partial charge in [-0.25, -0.2) is 14.3 Å². The molecule has 43 heavy (non-hydrogen) atoms. The molecule has 0 bridgehead atoms. The van der Waals surface area contributed by atoms with Crippen LogP contribution in [0.2, 0.25) is 0 Å². The van der Waals surface area contributed by atoms with E-state index in [2.05, 4.69) is 10.3 Å². The van der Waals surface area contributed by atoms with Crippen molar-refractivity contribution in [1.29, 1.82) is 0 Å². The van der Waals surface area contributed by atoms with Crippen LogP contribution in [-0.2, 0) is 34.0 Å². The summed E-state index contributed by atoms with van der Waals surface area (Å²) in [6.45, 7) is -0.757. The first-order valence-electron chi connectivity index (χ1n) is 13.7. The maximum absolute atomic E-state index is 13.6. The zero-order valence-electron chi connectivity index (χ0n) is 23.1. The molecule has 4 aromatic carbocycles. The standard InChI is InChI=1S/C33H27N5O5/c39-28(35-27-16-15-25-13-7-8-14-26(25)17-27)21-43-29(40)20-38-32(41)30-31(34-22-36(30)18-23-9-3-1-4-10-23)37(33(38)42)19-24-11-5-2-6-12-24/h1-17,22H,18-21H2,(H,35,39). The Labute approximate surface area is 245 Å². The van der Waals surface area contributed by atoms with Gasteiger partial charge in [0.25, 0.3) is 11.5 Å². The average Bonchev–Trinajstić information content (AvgIpc) is 3.44. The van der Waals surface area contributed by atoms with E-state index < -0.39 is 36.3 Å². The van der Waals surface area contributed by atoms with Gasteiger partial charge in [-0.15, -0.1) is 0 Å². The molecule has 6 aromatic rings. The van der Waals surface area contributed by atoms with Crippen molar-refractivity contribution >= 4 is 39.5 Å². The number of anilines is 1. The van der Waals surface area contributed by atoms with Crippen LogP contribution in [0.4, 0.5) is 5.69 Å². The fraction of sp³-hybridized carbons (Fsp3) is 0.121. The molecule has 0 aliphatic heterocycles. The Kier molecular flexibility index (Phi) is 7.64. The summed E-state index contributed by atoms with van der Waals surface area (Å²) < 4.78 is 9.03.